The van der Waals surface area contributed by atoms with E-state index in [2.05, 4.69) is 19.2 Å². The highest BCUT2D eigenvalue weighted by atomic mass is 16.5. The fourth-order valence-corrected chi connectivity index (χ4v) is 1.48. The molecule has 16 heavy (non-hydrogen) atoms. The number of rotatable bonds is 5. The standard InChI is InChI=1S/C13H19NO2/c1-10(2)9-12(14-3)13(15)16-11-7-5-4-6-8-11/h4-8,10,12,14H,9H2,1-3H3/t12-/m0/s1. The van der Waals surface area contributed by atoms with Gasteiger partial charge in [-0.3, -0.25) is 0 Å². The summed E-state index contributed by atoms with van der Waals surface area (Å²) in [6.45, 7) is 4.17. The van der Waals surface area contributed by atoms with E-state index in [0.717, 1.165) is 6.42 Å². The zero-order valence-electron chi connectivity index (χ0n) is 10.1. The molecule has 0 heterocycles. The smallest absolute Gasteiger partial charge is 0.328 e. The predicted molar refractivity (Wildman–Crippen MR) is 64.4 cm³/mol. The molecule has 0 aromatic heterocycles. The molecule has 1 atom stereocenters. The number of hydrogen-bond acceptors (Lipinski definition) is 3. The summed E-state index contributed by atoms with van der Waals surface area (Å²) in [6, 6.07) is 8.90. The molecule has 0 bridgehead atoms. The van der Waals surface area contributed by atoms with Crippen molar-refractivity contribution < 1.29 is 9.53 Å². The topological polar surface area (TPSA) is 38.3 Å². The normalized spacial score (nSPS) is 12.5. The van der Waals surface area contributed by atoms with Crippen molar-refractivity contribution in [2.75, 3.05) is 7.05 Å². The minimum absolute atomic E-state index is 0.220. The molecule has 0 amide bonds. The van der Waals surface area contributed by atoms with Crippen molar-refractivity contribution in [1.29, 1.82) is 0 Å². The van der Waals surface area contributed by atoms with E-state index in [1.807, 2.05) is 18.2 Å². The largest absolute Gasteiger partial charge is 0.425 e. The molecule has 0 saturated carbocycles. The van der Waals surface area contributed by atoms with Gasteiger partial charge in [-0.15, -0.1) is 0 Å². The monoisotopic (exact) mass is 221 g/mol. The van der Waals surface area contributed by atoms with Crippen molar-refractivity contribution in [2.24, 2.45) is 5.92 Å². The average molecular weight is 221 g/mol. The number of esters is 1. The first-order valence-electron chi connectivity index (χ1n) is 5.57. The molecule has 1 aromatic carbocycles. The number of benzene rings is 1. The van der Waals surface area contributed by atoms with Crippen LogP contribution >= 0.6 is 0 Å². The second-order valence-corrected chi connectivity index (χ2v) is 4.20. The van der Waals surface area contributed by atoms with Crippen molar-refractivity contribution in [3.05, 3.63) is 30.3 Å². The third-order valence-corrected chi connectivity index (χ3v) is 2.30. The van der Waals surface area contributed by atoms with Gasteiger partial charge in [0.05, 0.1) is 0 Å². The van der Waals surface area contributed by atoms with Crippen LogP contribution in [0.3, 0.4) is 0 Å². The van der Waals surface area contributed by atoms with Gasteiger partial charge in [0.25, 0.3) is 0 Å². The van der Waals surface area contributed by atoms with E-state index >= 15 is 0 Å². The second-order valence-electron chi connectivity index (χ2n) is 4.20. The molecular formula is C13H19NO2. The zero-order valence-corrected chi connectivity index (χ0v) is 10.1. The lowest BCUT2D eigenvalue weighted by Crippen LogP contribution is -2.38. The fraction of sp³-hybridized carbons (Fsp3) is 0.462. The summed E-state index contributed by atoms with van der Waals surface area (Å²) in [5, 5.41) is 2.98. The molecule has 0 fully saturated rings. The van der Waals surface area contributed by atoms with Gasteiger partial charge in [-0.2, -0.15) is 0 Å². The number of carbonyl (C=O) groups excluding carboxylic acids is 1. The molecule has 3 heteroatoms. The van der Waals surface area contributed by atoms with Crippen LogP contribution in [0.1, 0.15) is 20.3 Å². The Morgan fingerprint density at radius 2 is 1.94 bits per heavy atom. The van der Waals surface area contributed by atoms with Gasteiger partial charge in [0.2, 0.25) is 0 Å². The summed E-state index contributed by atoms with van der Waals surface area (Å²) in [5.74, 6) is 0.833. The van der Waals surface area contributed by atoms with Crippen LogP contribution in [-0.2, 0) is 4.79 Å². The van der Waals surface area contributed by atoms with E-state index in [0.29, 0.717) is 11.7 Å². The van der Waals surface area contributed by atoms with E-state index in [-0.39, 0.29) is 12.0 Å². The van der Waals surface area contributed by atoms with Crippen LogP contribution in [-0.4, -0.2) is 19.1 Å². The number of likely N-dealkylation sites (N-methyl/N-ethyl adjacent to an activating group) is 1. The number of ether oxygens (including phenoxy) is 1. The van der Waals surface area contributed by atoms with E-state index in [9.17, 15) is 4.79 Å². The van der Waals surface area contributed by atoms with Gasteiger partial charge in [-0.25, -0.2) is 4.79 Å². The lowest BCUT2D eigenvalue weighted by molar-refractivity contribution is -0.137. The first kappa shape index (κ1) is 12.7. The van der Waals surface area contributed by atoms with E-state index in [4.69, 9.17) is 4.74 Å². The molecule has 0 unspecified atom stereocenters. The van der Waals surface area contributed by atoms with Crippen LogP contribution in [0, 0.1) is 5.92 Å². The molecule has 0 aliphatic heterocycles. The Hall–Kier alpha value is -1.35. The molecule has 1 N–H and O–H groups in total. The lowest BCUT2D eigenvalue weighted by atomic mass is 10.0. The Morgan fingerprint density at radius 3 is 2.44 bits per heavy atom. The van der Waals surface area contributed by atoms with Crippen molar-refractivity contribution in [1.82, 2.24) is 5.32 Å². The Morgan fingerprint density at radius 1 is 1.31 bits per heavy atom. The van der Waals surface area contributed by atoms with E-state index < -0.39 is 0 Å². The van der Waals surface area contributed by atoms with Crippen molar-refractivity contribution in [3.8, 4) is 5.75 Å². The third-order valence-electron chi connectivity index (χ3n) is 2.30. The summed E-state index contributed by atoms with van der Waals surface area (Å²) in [6.07, 6.45) is 0.780. The Balaban J connectivity index is 2.56. The number of carbonyl (C=O) groups is 1. The number of hydrogen-bond donors (Lipinski definition) is 1. The van der Waals surface area contributed by atoms with Crippen molar-refractivity contribution >= 4 is 5.97 Å². The maximum atomic E-state index is 11.8. The number of nitrogens with one attached hydrogen (secondary N) is 1. The maximum Gasteiger partial charge on any atom is 0.328 e. The summed E-state index contributed by atoms with van der Waals surface area (Å²) < 4.78 is 5.27. The fourth-order valence-electron chi connectivity index (χ4n) is 1.48. The molecule has 88 valence electrons. The lowest BCUT2D eigenvalue weighted by Gasteiger charge is -2.16. The van der Waals surface area contributed by atoms with Crippen LogP contribution < -0.4 is 10.1 Å². The van der Waals surface area contributed by atoms with Crippen LogP contribution in [0.15, 0.2) is 30.3 Å². The van der Waals surface area contributed by atoms with Gasteiger partial charge in [0, 0.05) is 0 Å². The summed E-state index contributed by atoms with van der Waals surface area (Å²) >= 11 is 0. The van der Waals surface area contributed by atoms with E-state index in [1.165, 1.54) is 0 Å². The van der Waals surface area contributed by atoms with Crippen LogP contribution in [0.25, 0.3) is 0 Å². The zero-order chi connectivity index (χ0) is 12.0. The summed E-state index contributed by atoms with van der Waals surface area (Å²) in [7, 11) is 1.78. The Bertz CT molecular complexity index is 322. The van der Waals surface area contributed by atoms with Gasteiger partial charge in [-0.05, 0) is 31.5 Å². The van der Waals surface area contributed by atoms with Crippen LogP contribution in [0.5, 0.6) is 5.75 Å². The molecule has 1 rings (SSSR count). The van der Waals surface area contributed by atoms with Crippen LogP contribution in [0.4, 0.5) is 0 Å². The SMILES string of the molecule is CN[C@@H](CC(C)C)C(=O)Oc1ccccc1. The van der Waals surface area contributed by atoms with Crippen molar-refractivity contribution in [2.45, 2.75) is 26.3 Å². The number of para-hydroxylation sites is 1. The first-order chi connectivity index (χ1) is 7.63. The summed E-state index contributed by atoms with van der Waals surface area (Å²) in [5.41, 5.74) is 0. The van der Waals surface area contributed by atoms with Gasteiger partial charge in [-0.1, -0.05) is 32.0 Å². The molecular weight excluding hydrogens is 202 g/mol. The Kier molecular flexibility index (Phi) is 4.99. The Labute approximate surface area is 96.8 Å². The summed E-state index contributed by atoms with van der Waals surface area (Å²) in [4.78, 5) is 11.8. The molecule has 0 spiro atoms. The second kappa shape index (κ2) is 6.28. The molecule has 0 saturated heterocycles. The van der Waals surface area contributed by atoms with Crippen molar-refractivity contribution in [3.63, 3.8) is 0 Å². The predicted octanol–water partition coefficient (Wildman–Crippen LogP) is 2.23. The highest BCUT2D eigenvalue weighted by molar-refractivity contribution is 5.78. The molecule has 0 radical (unpaired) electrons. The minimum atomic E-state index is -0.236. The first-order valence-corrected chi connectivity index (χ1v) is 5.57. The van der Waals surface area contributed by atoms with Gasteiger partial charge in [0.1, 0.15) is 11.8 Å². The minimum Gasteiger partial charge on any atom is -0.425 e. The molecule has 1 aromatic rings. The van der Waals surface area contributed by atoms with E-state index in [1.54, 1.807) is 19.2 Å². The quantitative estimate of drug-likeness (QED) is 0.612. The highest BCUT2D eigenvalue weighted by Crippen LogP contribution is 2.12. The molecule has 0 aliphatic carbocycles. The third kappa shape index (κ3) is 4.03. The average Bonchev–Trinajstić information content (AvgIpc) is 2.26. The molecule has 3 nitrogen and oxygen atoms in total. The molecule has 0 aliphatic rings. The van der Waals surface area contributed by atoms with Gasteiger partial charge in [0.15, 0.2) is 0 Å². The van der Waals surface area contributed by atoms with Gasteiger partial charge < -0.3 is 10.1 Å². The van der Waals surface area contributed by atoms with Crippen LogP contribution in [0.2, 0.25) is 0 Å². The maximum absolute atomic E-state index is 11.8. The highest BCUT2D eigenvalue weighted by Gasteiger charge is 2.19. The van der Waals surface area contributed by atoms with Gasteiger partial charge >= 0.3 is 5.97 Å².